The van der Waals surface area contributed by atoms with Crippen molar-refractivity contribution in [3.63, 3.8) is 0 Å². The highest BCUT2D eigenvalue weighted by molar-refractivity contribution is 5.73. The number of aryl methyl sites for hydroxylation is 1. The van der Waals surface area contributed by atoms with Gasteiger partial charge in [-0.3, -0.25) is 4.68 Å². The summed E-state index contributed by atoms with van der Waals surface area (Å²) in [6.45, 7) is 0.770. The first-order valence-corrected chi connectivity index (χ1v) is 6.37. The summed E-state index contributed by atoms with van der Waals surface area (Å²) in [5.74, 6) is 0. The molecule has 0 atom stereocenters. The van der Waals surface area contributed by atoms with E-state index in [0.29, 0.717) is 13.1 Å². The summed E-state index contributed by atoms with van der Waals surface area (Å²) in [7, 11) is 1.83. The number of benzene rings is 1. The van der Waals surface area contributed by atoms with Crippen LogP contribution in [-0.2, 0) is 26.7 Å². The number of aromatic nitrogens is 2. The second-order valence-corrected chi connectivity index (χ2v) is 4.41. The van der Waals surface area contributed by atoms with Gasteiger partial charge in [0.25, 0.3) is 0 Å². The number of urea groups is 1. The Labute approximate surface area is 117 Å². The molecule has 1 aromatic heterocycles. The Morgan fingerprint density at radius 3 is 2.55 bits per heavy atom. The van der Waals surface area contributed by atoms with Gasteiger partial charge in [-0.05, 0) is 17.2 Å². The number of nitrogens with zero attached hydrogens (tertiary/aromatic N) is 2. The van der Waals surface area contributed by atoms with Crippen molar-refractivity contribution in [3.05, 3.63) is 53.3 Å². The maximum absolute atomic E-state index is 11.7. The standard InChI is InChI=1S/C14H18N4O2/c1-18-13(6-7-17-18)9-16-14(20)15-8-11-4-2-3-5-12(11)10-19/h2-7,19H,8-10H2,1H3,(H2,15,16,20). The highest BCUT2D eigenvalue weighted by Crippen LogP contribution is 2.07. The lowest BCUT2D eigenvalue weighted by Crippen LogP contribution is -2.35. The molecule has 0 saturated heterocycles. The quantitative estimate of drug-likeness (QED) is 0.758. The average Bonchev–Trinajstić information content (AvgIpc) is 2.88. The van der Waals surface area contributed by atoms with E-state index < -0.39 is 0 Å². The van der Waals surface area contributed by atoms with Crippen molar-refractivity contribution in [1.29, 1.82) is 0 Å². The fourth-order valence-electron chi connectivity index (χ4n) is 1.87. The van der Waals surface area contributed by atoms with Crippen LogP contribution in [0.3, 0.4) is 0 Å². The zero-order valence-electron chi connectivity index (χ0n) is 11.3. The largest absolute Gasteiger partial charge is 0.392 e. The Kier molecular flexibility index (Phi) is 4.73. The van der Waals surface area contributed by atoms with Crippen LogP contribution in [0.15, 0.2) is 36.5 Å². The van der Waals surface area contributed by atoms with Crippen LogP contribution in [0.2, 0.25) is 0 Å². The van der Waals surface area contributed by atoms with Crippen LogP contribution in [0, 0.1) is 0 Å². The lowest BCUT2D eigenvalue weighted by Gasteiger charge is -2.10. The summed E-state index contributed by atoms with van der Waals surface area (Å²) in [6.07, 6.45) is 1.69. The van der Waals surface area contributed by atoms with Crippen LogP contribution >= 0.6 is 0 Å². The molecule has 6 nitrogen and oxygen atoms in total. The Bertz CT molecular complexity index is 580. The number of rotatable bonds is 5. The van der Waals surface area contributed by atoms with E-state index in [-0.39, 0.29) is 12.6 Å². The van der Waals surface area contributed by atoms with Gasteiger partial charge in [0.15, 0.2) is 0 Å². The molecule has 1 aromatic carbocycles. The molecule has 2 amide bonds. The summed E-state index contributed by atoms with van der Waals surface area (Å²) in [5, 5.41) is 18.8. The molecule has 0 radical (unpaired) electrons. The lowest BCUT2D eigenvalue weighted by molar-refractivity contribution is 0.239. The summed E-state index contributed by atoms with van der Waals surface area (Å²) in [6, 6.07) is 9.05. The molecule has 0 spiro atoms. The summed E-state index contributed by atoms with van der Waals surface area (Å²) in [5.41, 5.74) is 2.65. The molecule has 0 aliphatic carbocycles. The second-order valence-electron chi connectivity index (χ2n) is 4.41. The highest BCUT2D eigenvalue weighted by atomic mass is 16.3. The number of nitrogens with one attached hydrogen (secondary N) is 2. The van der Waals surface area contributed by atoms with Gasteiger partial charge < -0.3 is 15.7 Å². The Morgan fingerprint density at radius 1 is 1.20 bits per heavy atom. The molecule has 0 unspecified atom stereocenters. The van der Waals surface area contributed by atoms with Crippen LogP contribution in [0.25, 0.3) is 0 Å². The predicted molar refractivity (Wildman–Crippen MR) is 74.6 cm³/mol. The van der Waals surface area contributed by atoms with Gasteiger partial charge in [-0.1, -0.05) is 24.3 Å². The minimum atomic E-state index is -0.251. The molecule has 6 heteroatoms. The van der Waals surface area contributed by atoms with Gasteiger partial charge in [-0.2, -0.15) is 5.10 Å². The normalized spacial score (nSPS) is 10.3. The van der Waals surface area contributed by atoms with E-state index in [1.807, 2.05) is 37.4 Å². The molecule has 106 valence electrons. The molecular weight excluding hydrogens is 256 g/mol. The van der Waals surface area contributed by atoms with E-state index in [9.17, 15) is 9.90 Å². The van der Waals surface area contributed by atoms with Gasteiger partial charge in [0.1, 0.15) is 0 Å². The fraction of sp³-hybridized carbons (Fsp3) is 0.286. The first-order chi connectivity index (χ1) is 9.70. The monoisotopic (exact) mass is 274 g/mol. The summed E-state index contributed by atoms with van der Waals surface area (Å²) < 4.78 is 1.71. The smallest absolute Gasteiger partial charge is 0.315 e. The molecule has 20 heavy (non-hydrogen) atoms. The van der Waals surface area contributed by atoms with Gasteiger partial charge in [0.05, 0.1) is 18.8 Å². The van der Waals surface area contributed by atoms with Gasteiger partial charge in [0, 0.05) is 19.8 Å². The van der Waals surface area contributed by atoms with Gasteiger partial charge in [-0.25, -0.2) is 4.79 Å². The number of hydrogen-bond donors (Lipinski definition) is 3. The Hall–Kier alpha value is -2.34. The van der Waals surface area contributed by atoms with Crippen molar-refractivity contribution in [3.8, 4) is 0 Å². The molecule has 3 N–H and O–H groups in total. The van der Waals surface area contributed by atoms with Gasteiger partial charge >= 0.3 is 6.03 Å². The fourth-order valence-corrected chi connectivity index (χ4v) is 1.87. The first-order valence-electron chi connectivity index (χ1n) is 6.37. The number of carbonyl (C=O) groups excluding carboxylic acids is 1. The van der Waals surface area contributed by atoms with Crippen LogP contribution in [0.1, 0.15) is 16.8 Å². The van der Waals surface area contributed by atoms with Crippen molar-refractivity contribution < 1.29 is 9.90 Å². The van der Waals surface area contributed by atoms with Crippen LogP contribution in [0.5, 0.6) is 0 Å². The number of hydrogen-bond acceptors (Lipinski definition) is 3. The lowest BCUT2D eigenvalue weighted by atomic mass is 10.1. The van der Waals surface area contributed by atoms with Crippen molar-refractivity contribution >= 4 is 6.03 Å². The van der Waals surface area contributed by atoms with Crippen LogP contribution < -0.4 is 10.6 Å². The van der Waals surface area contributed by atoms with E-state index in [1.54, 1.807) is 10.9 Å². The topological polar surface area (TPSA) is 79.2 Å². The molecule has 0 bridgehead atoms. The molecular formula is C14H18N4O2. The highest BCUT2D eigenvalue weighted by Gasteiger charge is 2.05. The van der Waals surface area contributed by atoms with Crippen molar-refractivity contribution in [2.75, 3.05) is 0 Å². The van der Waals surface area contributed by atoms with Crippen molar-refractivity contribution in [2.45, 2.75) is 19.7 Å². The molecule has 0 saturated carbocycles. The molecule has 2 aromatic rings. The van der Waals surface area contributed by atoms with E-state index in [0.717, 1.165) is 16.8 Å². The second kappa shape index (κ2) is 6.72. The van der Waals surface area contributed by atoms with E-state index in [4.69, 9.17) is 0 Å². The minimum Gasteiger partial charge on any atom is -0.392 e. The van der Waals surface area contributed by atoms with Gasteiger partial charge in [0.2, 0.25) is 0 Å². The van der Waals surface area contributed by atoms with Gasteiger partial charge in [-0.15, -0.1) is 0 Å². The van der Waals surface area contributed by atoms with E-state index in [2.05, 4.69) is 15.7 Å². The Balaban J connectivity index is 1.82. The maximum Gasteiger partial charge on any atom is 0.315 e. The maximum atomic E-state index is 11.7. The molecule has 0 aliphatic rings. The predicted octanol–water partition coefficient (Wildman–Crippen LogP) is 0.912. The number of aliphatic hydroxyl groups is 1. The molecule has 1 heterocycles. The number of carbonyl (C=O) groups is 1. The number of amides is 2. The molecule has 0 aliphatic heterocycles. The average molecular weight is 274 g/mol. The molecule has 2 rings (SSSR count). The van der Waals surface area contributed by atoms with E-state index in [1.165, 1.54) is 0 Å². The minimum absolute atomic E-state index is 0.0332. The number of aliphatic hydroxyl groups excluding tert-OH is 1. The SMILES string of the molecule is Cn1nccc1CNC(=O)NCc1ccccc1CO. The molecule has 0 fully saturated rings. The van der Waals surface area contributed by atoms with Crippen molar-refractivity contribution in [2.24, 2.45) is 7.05 Å². The Morgan fingerprint density at radius 2 is 1.90 bits per heavy atom. The first kappa shape index (κ1) is 14.1. The zero-order valence-corrected chi connectivity index (χ0v) is 11.3. The summed E-state index contributed by atoms with van der Waals surface area (Å²) in [4.78, 5) is 11.7. The third kappa shape index (κ3) is 3.58. The van der Waals surface area contributed by atoms with Crippen LogP contribution in [0.4, 0.5) is 4.79 Å². The third-order valence-corrected chi connectivity index (χ3v) is 3.08. The van der Waals surface area contributed by atoms with E-state index >= 15 is 0 Å². The summed E-state index contributed by atoms with van der Waals surface area (Å²) >= 11 is 0. The van der Waals surface area contributed by atoms with Crippen LogP contribution in [-0.4, -0.2) is 20.9 Å². The van der Waals surface area contributed by atoms with Crippen molar-refractivity contribution in [1.82, 2.24) is 20.4 Å². The third-order valence-electron chi connectivity index (χ3n) is 3.08. The zero-order chi connectivity index (χ0) is 14.4.